The highest BCUT2D eigenvalue weighted by Gasteiger charge is 2.47. The molecule has 0 N–H and O–H groups in total. The van der Waals surface area contributed by atoms with E-state index in [1.165, 1.54) is 11.1 Å². The second-order valence-corrected chi connectivity index (χ2v) is 5.42. The maximum absolute atomic E-state index is 12.3. The normalized spacial score (nSPS) is 26.3. The maximum Gasteiger partial charge on any atom is 0.316 e. The zero-order valence-corrected chi connectivity index (χ0v) is 11.8. The average molecular weight is 269 g/mol. The lowest BCUT2D eigenvalue weighted by Crippen LogP contribution is -2.34. The lowest BCUT2D eigenvalue weighted by Gasteiger charge is -2.32. The van der Waals surface area contributed by atoms with Crippen LogP contribution in [0.5, 0.6) is 0 Å². The Labute approximate surface area is 114 Å². The molecular formula is C15H21ClO2. The van der Waals surface area contributed by atoms with Gasteiger partial charge in [0.2, 0.25) is 0 Å². The summed E-state index contributed by atoms with van der Waals surface area (Å²) < 4.78 is 5.30. The van der Waals surface area contributed by atoms with Gasteiger partial charge in [-0.2, -0.15) is 0 Å². The predicted molar refractivity (Wildman–Crippen MR) is 73.7 cm³/mol. The van der Waals surface area contributed by atoms with Gasteiger partial charge in [-0.3, -0.25) is 4.79 Å². The molecule has 0 bridgehead atoms. The van der Waals surface area contributed by atoms with Gasteiger partial charge in [-0.25, -0.2) is 0 Å². The number of fused-ring (bicyclic) bond motifs is 1. The van der Waals surface area contributed by atoms with Crippen LogP contribution < -0.4 is 0 Å². The first-order valence-electron chi connectivity index (χ1n) is 6.88. The number of ether oxygens (including phenoxy) is 1. The number of hydrogen-bond acceptors (Lipinski definition) is 2. The minimum absolute atomic E-state index is 0.0342. The van der Waals surface area contributed by atoms with Crippen LogP contribution in [0.1, 0.15) is 45.4 Å². The monoisotopic (exact) mass is 268 g/mol. The van der Waals surface area contributed by atoms with Gasteiger partial charge in [-0.15, -0.1) is 11.6 Å². The summed E-state index contributed by atoms with van der Waals surface area (Å²) in [6, 6.07) is 0. The van der Waals surface area contributed by atoms with Gasteiger partial charge in [0.25, 0.3) is 0 Å². The first kappa shape index (κ1) is 13.7. The van der Waals surface area contributed by atoms with Crippen molar-refractivity contribution in [2.75, 3.05) is 12.5 Å². The minimum atomic E-state index is -0.365. The number of rotatable bonds is 5. The van der Waals surface area contributed by atoms with E-state index in [1.807, 2.05) is 6.92 Å². The summed E-state index contributed by atoms with van der Waals surface area (Å²) >= 11 is 5.76. The molecule has 3 heteroatoms. The Kier molecular flexibility index (Phi) is 4.50. The Morgan fingerprint density at radius 3 is 3.06 bits per heavy atom. The molecule has 0 spiro atoms. The predicted octanol–water partition coefficient (Wildman–Crippen LogP) is 4.00. The second kappa shape index (κ2) is 5.92. The van der Waals surface area contributed by atoms with Crippen molar-refractivity contribution in [3.63, 3.8) is 0 Å². The van der Waals surface area contributed by atoms with Crippen molar-refractivity contribution in [2.24, 2.45) is 5.41 Å². The summed E-state index contributed by atoms with van der Waals surface area (Å²) in [6.07, 6.45) is 10.3. The molecule has 0 amide bonds. The molecule has 0 heterocycles. The number of esters is 1. The molecule has 0 saturated heterocycles. The van der Waals surface area contributed by atoms with Gasteiger partial charge in [-0.05, 0) is 56.6 Å². The standard InChI is InChI=1S/C15H21ClO2/c1-2-18-14(17)15-9-4-3-7-13(15)12(8-10-15)6-5-11-16/h7-8H,2-6,9-11H2,1H3. The maximum atomic E-state index is 12.3. The van der Waals surface area contributed by atoms with E-state index in [0.717, 1.165) is 38.5 Å². The number of hydrogen-bond donors (Lipinski definition) is 0. The molecule has 1 unspecified atom stereocenters. The van der Waals surface area contributed by atoms with Gasteiger partial charge < -0.3 is 4.74 Å². The molecule has 100 valence electrons. The van der Waals surface area contributed by atoms with Gasteiger partial charge in [0, 0.05) is 5.88 Å². The highest BCUT2D eigenvalue weighted by atomic mass is 35.5. The Morgan fingerprint density at radius 2 is 2.33 bits per heavy atom. The van der Waals surface area contributed by atoms with Gasteiger partial charge in [0.15, 0.2) is 0 Å². The molecule has 2 aliphatic carbocycles. The van der Waals surface area contributed by atoms with Crippen molar-refractivity contribution in [3.8, 4) is 0 Å². The molecule has 0 saturated carbocycles. The number of alkyl halides is 1. The van der Waals surface area contributed by atoms with E-state index in [2.05, 4.69) is 12.2 Å². The van der Waals surface area contributed by atoms with Gasteiger partial charge in [-0.1, -0.05) is 12.2 Å². The van der Waals surface area contributed by atoms with Crippen molar-refractivity contribution in [1.82, 2.24) is 0 Å². The lowest BCUT2D eigenvalue weighted by atomic mass is 9.72. The summed E-state index contributed by atoms with van der Waals surface area (Å²) in [5.74, 6) is 0.643. The zero-order valence-electron chi connectivity index (χ0n) is 11.0. The van der Waals surface area contributed by atoms with Crippen LogP contribution in [0.4, 0.5) is 0 Å². The van der Waals surface area contributed by atoms with E-state index >= 15 is 0 Å². The largest absolute Gasteiger partial charge is 0.465 e. The molecule has 0 aromatic rings. The van der Waals surface area contributed by atoms with Crippen LogP contribution in [0.2, 0.25) is 0 Å². The molecule has 2 nitrogen and oxygen atoms in total. The first-order valence-corrected chi connectivity index (χ1v) is 7.41. The van der Waals surface area contributed by atoms with Crippen LogP contribution >= 0.6 is 11.6 Å². The molecule has 18 heavy (non-hydrogen) atoms. The number of allylic oxidation sites excluding steroid dienone is 3. The van der Waals surface area contributed by atoms with Crippen molar-refractivity contribution >= 4 is 17.6 Å². The van der Waals surface area contributed by atoms with Crippen LogP contribution in [0, 0.1) is 5.41 Å². The van der Waals surface area contributed by atoms with Crippen LogP contribution in [-0.2, 0) is 9.53 Å². The molecule has 1 atom stereocenters. The van der Waals surface area contributed by atoms with E-state index in [9.17, 15) is 4.79 Å². The number of carbonyl (C=O) groups is 1. The molecule has 0 aromatic heterocycles. The Hall–Kier alpha value is -0.760. The summed E-state index contributed by atoms with van der Waals surface area (Å²) in [4.78, 5) is 12.3. The van der Waals surface area contributed by atoms with E-state index < -0.39 is 0 Å². The zero-order chi connectivity index (χ0) is 13.0. The number of carbonyl (C=O) groups excluding carboxylic acids is 1. The van der Waals surface area contributed by atoms with E-state index in [1.54, 1.807) is 0 Å². The molecule has 2 aliphatic rings. The molecular weight excluding hydrogens is 248 g/mol. The quantitative estimate of drug-likeness (QED) is 0.557. The van der Waals surface area contributed by atoms with E-state index in [-0.39, 0.29) is 11.4 Å². The fourth-order valence-corrected chi connectivity index (χ4v) is 3.23. The Balaban J connectivity index is 2.19. The Morgan fingerprint density at radius 1 is 1.50 bits per heavy atom. The second-order valence-electron chi connectivity index (χ2n) is 5.04. The minimum Gasteiger partial charge on any atom is -0.465 e. The first-order chi connectivity index (χ1) is 8.74. The smallest absolute Gasteiger partial charge is 0.316 e. The van der Waals surface area contributed by atoms with Gasteiger partial charge in [0.1, 0.15) is 0 Å². The Bertz CT molecular complexity index is 384. The third kappa shape index (κ3) is 2.35. The molecule has 0 aliphatic heterocycles. The van der Waals surface area contributed by atoms with Crippen LogP contribution in [-0.4, -0.2) is 18.5 Å². The molecule has 0 aromatic carbocycles. The summed E-state index contributed by atoms with van der Waals surface area (Å²) in [7, 11) is 0. The third-order valence-corrected chi connectivity index (χ3v) is 4.23. The topological polar surface area (TPSA) is 26.3 Å². The van der Waals surface area contributed by atoms with Crippen LogP contribution in [0.15, 0.2) is 23.3 Å². The third-order valence-electron chi connectivity index (χ3n) is 3.96. The summed E-state index contributed by atoms with van der Waals surface area (Å²) in [6.45, 7) is 2.34. The van der Waals surface area contributed by atoms with Crippen molar-refractivity contribution in [2.45, 2.75) is 45.4 Å². The van der Waals surface area contributed by atoms with Crippen LogP contribution in [0.3, 0.4) is 0 Å². The fraction of sp³-hybridized carbons (Fsp3) is 0.667. The van der Waals surface area contributed by atoms with Gasteiger partial charge >= 0.3 is 5.97 Å². The van der Waals surface area contributed by atoms with E-state index in [0.29, 0.717) is 12.5 Å². The summed E-state index contributed by atoms with van der Waals surface area (Å²) in [5.41, 5.74) is 2.19. The molecule has 2 rings (SSSR count). The SMILES string of the molecule is CCOC(=O)C12CC=C(CCCCl)C1=CCCC2. The van der Waals surface area contributed by atoms with Crippen molar-refractivity contribution < 1.29 is 9.53 Å². The number of halogens is 1. The lowest BCUT2D eigenvalue weighted by molar-refractivity contribution is -0.153. The van der Waals surface area contributed by atoms with Gasteiger partial charge in [0.05, 0.1) is 12.0 Å². The molecule has 0 radical (unpaired) electrons. The molecule has 0 fully saturated rings. The summed E-state index contributed by atoms with van der Waals surface area (Å²) in [5, 5.41) is 0. The highest BCUT2D eigenvalue weighted by molar-refractivity contribution is 6.17. The van der Waals surface area contributed by atoms with Crippen molar-refractivity contribution in [3.05, 3.63) is 23.3 Å². The highest BCUT2D eigenvalue weighted by Crippen LogP contribution is 2.51. The van der Waals surface area contributed by atoms with Crippen LogP contribution in [0.25, 0.3) is 0 Å². The van der Waals surface area contributed by atoms with Crippen molar-refractivity contribution in [1.29, 1.82) is 0 Å². The fourth-order valence-electron chi connectivity index (χ4n) is 3.10. The van der Waals surface area contributed by atoms with E-state index in [4.69, 9.17) is 16.3 Å². The average Bonchev–Trinajstić information content (AvgIpc) is 2.77.